The van der Waals surface area contributed by atoms with Gasteiger partial charge >= 0.3 is 25.7 Å². The molecule has 0 fully saturated rings. The molecule has 0 spiro atoms. The van der Waals surface area contributed by atoms with Gasteiger partial charge in [-0.1, -0.05) is 171 Å². The molecule has 0 aliphatic rings. The largest absolute Gasteiger partial charge is 0.472 e. The molecule has 0 saturated carbocycles. The number of phosphoric acid groups is 1. The van der Waals surface area contributed by atoms with E-state index in [2.05, 4.69) is 69.4 Å². The maximum absolute atomic E-state index is 12.8. The minimum Gasteiger partial charge on any atom is -0.462 e. The number of ether oxygens (including phenoxy) is 3. The van der Waals surface area contributed by atoms with E-state index < -0.39 is 57.8 Å². The fourth-order valence-corrected chi connectivity index (χ4v) is 7.03. The van der Waals surface area contributed by atoms with Gasteiger partial charge in [-0.05, 0) is 70.6 Å². The first-order valence-corrected chi connectivity index (χ1v) is 25.7. The number of esters is 3. The van der Waals surface area contributed by atoms with Crippen LogP contribution in [-0.2, 0) is 42.2 Å². The van der Waals surface area contributed by atoms with Crippen LogP contribution in [0.5, 0.6) is 0 Å². The molecule has 0 heterocycles. The molecule has 0 bridgehead atoms. The molecule has 3 atom stereocenters. The lowest BCUT2D eigenvalue weighted by Crippen LogP contribution is -2.30. The summed E-state index contributed by atoms with van der Waals surface area (Å²) in [6.07, 6.45) is 45.1. The summed E-state index contributed by atoms with van der Waals surface area (Å²) in [6.45, 7) is 4.37. The Labute approximate surface area is 376 Å². The summed E-state index contributed by atoms with van der Waals surface area (Å²) in [5.74, 6) is -1.58. The molecule has 3 unspecified atom stereocenters. The lowest BCUT2D eigenvalue weighted by molar-refractivity contribution is -0.161. The maximum Gasteiger partial charge on any atom is 0.472 e. The molecule has 0 rings (SSSR count). The van der Waals surface area contributed by atoms with Gasteiger partial charge < -0.3 is 24.2 Å². The number of hydrogen-bond acceptors (Lipinski definition) is 10. The van der Waals surface area contributed by atoms with E-state index in [0.717, 1.165) is 83.5 Å². The number of carbonyl (C=O) groups is 3. The molecular weight excluding hydrogens is 808 g/mol. The molecule has 12 heteroatoms. The van der Waals surface area contributed by atoms with Crippen LogP contribution in [0.3, 0.4) is 0 Å². The average Bonchev–Trinajstić information content (AvgIpc) is 3.25. The van der Waals surface area contributed by atoms with Crippen molar-refractivity contribution in [3.63, 3.8) is 0 Å². The third-order valence-corrected chi connectivity index (χ3v) is 10.9. The van der Waals surface area contributed by atoms with Crippen LogP contribution < -0.4 is 0 Å². The van der Waals surface area contributed by atoms with Crippen molar-refractivity contribution < 1.29 is 52.2 Å². The average molecular weight is 895 g/mol. The van der Waals surface area contributed by atoms with Gasteiger partial charge in [0.25, 0.3) is 0 Å². The van der Waals surface area contributed by atoms with E-state index in [1.165, 1.54) is 57.8 Å². The highest BCUT2D eigenvalue weighted by atomic mass is 31.2. The van der Waals surface area contributed by atoms with Gasteiger partial charge in [0.1, 0.15) is 12.7 Å². The van der Waals surface area contributed by atoms with E-state index in [4.69, 9.17) is 23.3 Å². The predicted octanol–water partition coefficient (Wildman–Crippen LogP) is 13.2. The zero-order valence-corrected chi connectivity index (χ0v) is 40.0. The summed E-state index contributed by atoms with van der Waals surface area (Å²) in [7, 11) is -4.75. The first kappa shape index (κ1) is 59.2. The summed E-state index contributed by atoms with van der Waals surface area (Å²) >= 11 is 0. The fraction of sp³-hybridized carbons (Fsp3) is 0.740. The first-order valence-electron chi connectivity index (χ1n) is 24.2. The van der Waals surface area contributed by atoms with Gasteiger partial charge in [-0.25, -0.2) is 4.57 Å². The molecule has 0 radical (unpaired) electrons. The standard InChI is InChI=1S/C50H87O11P/c1-4-7-10-13-16-19-21-23-25-28-31-34-37-40-49(53)60-46(42-51)44-58-62(55,56)59-45-47(43-57-48(52)39-36-33-30-27-18-15-12-9-6-3)61-50(54)41-38-35-32-29-26-24-22-20-17-14-11-8-5-2/h8,11,17,19-21,24,26,32,35,46-47,51H,4-7,9-10,12-16,18,22-23,25,27-31,33-34,36-45H2,1-3H3,(H,55,56)/b11-8-,20-17-,21-19-,26-24-,35-32-. The van der Waals surface area contributed by atoms with Crippen LogP contribution in [0.1, 0.15) is 201 Å². The SMILES string of the molecule is CC/C=C\C/C=C\C/C=C\C/C=C\CCC(=O)OC(COC(=O)CCCCCCCCCCC)COP(=O)(O)OCC(CO)OC(=O)CCCCCCC/C=C\CCCCCC. The van der Waals surface area contributed by atoms with Crippen LogP contribution in [-0.4, -0.2) is 66.5 Å². The van der Waals surface area contributed by atoms with Crippen molar-refractivity contribution in [1.29, 1.82) is 0 Å². The molecule has 0 amide bonds. The highest BCUT2D eigenvalue weighted by Gasteiger charge is 2.28. The van der Waals surface area contributed by atoms with Crippen LogP contribution in [0.25, 0.3) is 0 Å². The van der Waals surface area contributed by atoms with Gasteiger partial charge in [0.2, 0.25) is 0 Å². The smallest absolute Gasteiger partial charge is 0.462 e. The Hall–Kier alpha value is -2.82. The summed E-state index contributed by atoms with van der Waals surface area (Å²) < 4.78 is 39.1. The molecule has 0 aromatic heterocycles. The molecule has 0 aromatic carbocycles. The molecule has 62 heavy (non-hydrogen) atoms. The van der Waals surface area contributed by atoms with E-state index in [-0.39, 0.29) is 25.9 Å². The van der Waals surface area contributed by atoms with Crippen LogP contribution in [0.15, 0.2) is 60.8 Å². The Bertz CT molecular complexity index is 1280. The van der Waals surface area contributed by atoms with Gasteiger partial charge in [-0.3, -0.25) is 23.4 Å². The summed E-state index contributed by atoms with van der Waals surface area (Å²) in [4.78, 5) is 48.0. The Morgan fingerprint density at radius 1 is 0.468 bits per heavy atom. The Kier molecular flexibility index (Phi) is 42.7. The first-order chi connectivity index (χ1) is 30.2. The Morgan fingerprint density at radius 2 is 0.871 bits per heavy atom. The fourth-order valence-electron chi connectivity index (χ4n) is 6.25. The zero-order valence-electron chi connectivity index (χ0n) is 39.1. The van der Waals surface area contributed by atoms with Gasteiger partial charge in [0.15, 0.2) is 6.10 Å². The number of carbonyl (C=O) groups excluding carboxylic acids is 3. The second-order valence-electron chi connectivity index (χ2n) is 15.9. The lowest BCUT2D eigenvalue weighted by Gasteiger charge is -2.21. The highest BCUT2D eigenvalue weighted by Crippen LogP contribution is 2.43. The van der Waals surface area contributed by atoms with Crippen LogP contribution in [0, 0.1) is 0 Å². The maximum atomic E-state index is 12.8. The van der Waals surface area contributed by atoms with Gasteiger partial charge in [0, 0.05) is 19.3 Å². The Balaban J connectivity index is 4.80. The summed E-state index contributed by atoms with van der Waals surface area (Å²) in [5.41, 5.74) is 0. The van der Waals surface area contributed by atoms with Crippen LogP contribution >= 0.6 is 7.82 Å². The van der Waals surface area contributed by atoms with Crippen molar-refractivity contribution in [2.75, 3.05) is 26.4 Å². The number of phosphoric ester groups is 1. The molecule has 358 valence electrons. The molecule has 0 aliphatic heterocycles. The zero-order chi connectivity index (χ0) is 45.6. The van der Waals surface area contributed by atoms with Gasteiger partial charge in [0.05, 0.1) is 19.8 Å². The second kappa shape index (κ2) is 44.8. The lowest BCUT2D eigenvalue weighted by atomic mass is 10.1. The molecule has 0 saturated heterocycles. The summed E-state index contributed by atoms with van der Waals surface area (Å²) in [5, 5.41) is 9.74. The molecule has 0 aliphatic carbocycles. The van der Waals surface area contributed by atoms with Crippen molar-refractivity contribution in [3.8, 4) is 0 Å². The van der Waals surface area contributed by atoms with E-state index in [1.807, 2.05) is 12.2 Å². The predicted molar refractivity (Wildman–Crippen MR) is 252 cm³/mol. The van der Waals surface area contributed by atoms with Crippen LogP contribution in [0.4, 0.5) is 0 Å². The molecule has 2 N–H and O–H groups in total. The number of aliphatic hydroxyl groups is 1. The third kappa shape index (κ3) is 42.5. The number of allylic oxidation sites excluding steroid dienone is 10. The molecule has 0 aromatic rings. The third-order valence-electron chi connectivity index (χ3n) is 9.94. The highest BCUT2D eigenvalue weighted by molar-refractivity contribution is 7.47. The molecule has 11 nitrogen and oxygen atoms in total. The van der Waals surface area contributed by atoms with Crippen LogP contribution in [0.2, 0.25) is 0 Å². The summed E-state index contributed by atoms with van der Waals surface area (Å²) in [6, 6.07) is 0. The number of rotatable bonds is 44. The van der Waals surface area contributed by atoms with E-state index in [0.29, 0.717) is 19.3 Å². The van der Waals surface area contributed by atoms with Gasteiger partial charge in [-0.2, -0.15) is 0 Å². The number of unbranched alkanes of at least 4 members (excludes halogenated alkanes) is 17. The van der Waals surface area contributed by atoms with Gasteiger partial charge in [-0.15, -0.1) is 0 Å². The molecular formula is C50H87O11P. The minimum atomic E-state index is -4.75. The normalized spacial score (nSPS) is 14.1. The van der Waals surface area contributed by atoms with Crippen molar-refractivity contribution in [3.05, 3.63) is 60.8 Å². The van der Waals surface area contributed by atoms with Crippen molar-refractivity contribution >= 4 is 25.7 Å². The number of hydrogen-bond donors (Lipinski definition) is 2. The number of aliphatic hydroxyl groups excluding tert-OH is 1. The topological polar surface area (TPSA) is 155 Å². The van der Waals surface area contributed by atoms with Crippen molar-refractivity contribution in [2.45, 2.75) is 213 Å². The van der Waals surface area contributed by atoms with Crippen molar-refractivity contribution in [2.24, 2.45) is 0 Å². The van der Waals surface area contributed by atoms with E-state index >= 15 is 0 Å². The monoisotopic (exact) mass is 895 g/mol. The quantitative estimate of drug-likeness (QED) is 0.0197. The van der Waals surface area contributed by atoms with E-state index in [9.17, 15) is 28.9 Å². The van der Waals surface area contributed by atoms with E-state index in [1.54, 1.807) is 0 Å². The Morgan fingerprint density at radius 3 is 1.40 bits per heavy atom. The second-order valence-corrected chi connectivity index (χ2v) is 17.3. The minimum absolute atomic E-state index is 0.0465. The van der Waals surface area contributed by atoms with Crippen molar-refractivity contribution in [1.82, 2.24) is 0 Å².